The Bertz CT molecular complexity index is 353. The second kappa shape index (κ2) is 4.13. The van der Waals surface area contributed by atoms with Gasteiger partial charge in [0.05, 0.1) is 0 Å². The predicted octanol–water partition coefficient (Wildman–Crippen LogP) is 3.99. The fraction of sp³-hybridized carbons (Fsp3) is 0.385. The molecule has 0 heterocycles. The molecule has 0 bridgehead atoms. The summed E-state index contributed by atoms with van der Waals surface area (Å²) in [6, 6.07) is 6.29. The zero-order chi connectivity index (χ0) is 10.8. The van der Waals surface area contributed by atoms with Crippen LogP contribution in [0.2, 0.25) is 0 Å². The lowest BCUT2D eigenvalue weighted by Gasteiger charge is -2.27. The summed E-state index contributed by atoms with van der Waals surface area (Å²) < 4.78 is 26.0. The molecule has 0 aromatic heterocycles. The smallest absolute Gasteiger partial charge is 0.123 e. The van der Waals surface area contributed by atoms with Crippen LogP contribution in [0.1, 0.15) is 30.7 Å². The highest BCUT2D eigenvalue weighted by Crippen LogP contribution is 2.37. The van der Waals surface area contributed by atoms with Gasteiger partial charge in [0.15, 0.2) is 0 Å². The Kier molecular flexibility index (Phi) is 2.85. The summed E-state index contributed by atoms with van der Waals surface area (Å²) in [6.07, 6.45) is 1.06. The van der Waals surface area contributed by atoms with E-state index in [1.165, 1.54) is 12.1 Å². The van der Waals surface area contributed by atoms with Crippen LogP contribution in [-0.2, 0) is 0 Å². The normalized spacial score (nSPS) is 26.7. The summed E-state index contributed by atoms with van der Waals surface area (Å²) in [5.74, 6) is -0.189. The van der Waals surface area contributed by atoms with Crippen LogP contribution in [0.15, 0.2) is 36.4 Å². The van der Waals surface area contributed by atoms with E-state index in [4.69, 9.17) is 0 Å². The van der Waals surface area contributed by atoms with Crippen molar-refractivity contribution >= 4 is 0 Å². The number of allylic oxidation sites excluding steroid dienone is 1. The van der Waals surface area contributed by atoms with Crippen molar-refractivity contribution in [2.24, 2.45) is 0 Å². The van der Waals surface area contributed by atoms with Gasteiger partial charge in [0.25, 0.3) is 0 Å². The summed E-state index contributed by atoms with van der Waals surface area (Å²) in [5.41, 5.74) is 2.04. The number of hydrogen-bond acceptors (Lipinski definition) is 0. The van der Waals surface area contributed by atoms with Gasteiger partial charge >= 0.3 is 0 Å². The SMILES string of the molecule is C=C1CCC(F)CC1c1ccc(F)cc1. The van der Waals surface area contributed by atoms with E-state index >= 15 is 0 Å². The molecule has 0 N–H and O–H groups in total. The molecule has 1 fully saturated rings. The van der Waals surface area contributed by atoms with Gasteiger partial charge in [0.2, 0.25) is 0 Å². The monoisotopic (exact) mass is 208 g/mol. The number of halogens is 2. The maximum atomic E-state index is 13.3. The van der Waals surface area contributed by atoms with Crippen LogP contribution in [-0.4, -0.2) is 6.17 Å². The highest BCUT2D eigenvalue weighted by molar-refractivity contribution is 5.29. The molecule has 0 aliphatic heterocycles. The van der Waals surface area contributed by atoms with Crippen molar-refractivity contribution in [2.75, 3.05) is 0 Å². The van der Waals surface area contributed by atoms with Gasteiger partial charge in [-0.15, -0.1) is 0 Å². The van der Waals surface area contributed by atoms with Gasteiger partial charge in [-0.1, -0.05) is 24.3 Å². The average molecular weight is 208 g/mol. The number of rotatable bonds is 1. The van der Waals surface area contributed by atoms with Crippen molar-refractivity contribution < 1.29 is 8.78 Å². The quantitative estimate of drug-likeness (QED) is 0.612. The Morgan fingerprint density at radius 1 is 1.20 bits per heavy atom. The lowest BCUT2D eigenvalue weighted by Crippen LogP contribution is -2.16. The van der Waals surface area contributed by atoms with Gasteiger partial charge in [-0.05, 0) is 37.0 Å². The number of alkyl halides is 1. The molecule has 0 spiro atoms. The average Bonchev–Trinajstić information content (AvgIpc) is 2.23. The number of benzene rings is 1. The molecule has 2 unspecified atom stereocenters. The van der Waals surface area contributed by atoms with Crippen LogP contribution >= 0.6 is 0 Å². The Balaban J connectivity index is 2.21. The van der Waals surface area contributed by atoms with E-state index in [1.54, 1.807) is 12.1 Å². The number of hydrogen-bond donors (Lipinski definition) is 0. The van der Waals surface area contributed by atoms with Crippen molar-refractivity contribution in [1.29, 1.82) is 0 Å². The minimum absolute atomic E-state index is 0.0642. The third kappa shape index (κ3) is 2.25. The first kappa shape index (κ1) is 10.3. The maximum Gasteiger partial charge on any atom is 0.123 e. The summed E-state index contributed by atoms with van der Waals surface area (Å²) in [4.78, 5) is 0. The standard InChI is InChI=1S/C13H14F2/c1-9-2-5-12(15)8-13(9)10-3-6-11(14)7-4-10/h3-4,6-7,12-13H,1-2,5,8H2. The Morgan fingerprint density at radius 2 is 1.87 bits per heavy atom. The van der Waals surface area contributed by atoms with E-state index in [2.05, 4.69) is 6.58 Å². The van der Waals surface area contributed by atoms with Crippen LogP contribution in [0.5, 0.6) is 0 Å². The minimum atomic E-state index is -0.745. The van der Waals surface area contributed by atoms with Gasteiger partial charge in [0.1, 0.15) is 12.0 Å². The van der Waals surface area contributed by atoms with Crippen molar-refractivity contribution in [3.63, 3.8) is 0 Å². The Labute approximate surface area is 88.6 Å². The lowest BCUT2D eigenvalue weighted by atomic mass is 9.80. The van der Waals surface area contributed by atoms with Crippen molar-refractivity contribution in [3.05, 3.63) is 47.8 Å². The summed E-state index contributed by atoms with van der Waals surface area (Å²) in [7, 11) is 0. The van der Waals surface area contributed by atoms with E-state index in [0.29, 0.717) is 12.8 Å². The van der Waals surface area contributed by atoms with Gasteiger partial charge < -0.3 is 0 Å². The Hall–Kier alpha value is -1.18. The molecule has 80 valence electrons. The molecule has 1 aromatic rings. The first-order chi connectivity index (χ1) is 7.16. The van der Waals surface area contributed by atoms with E-state index in [-0.39, 0.29) is 11.7 Å². The van der Waals surface area contributed by atoms with E-state index in [0.717, 1.165) is 17.6 Å². The molecule has 1 saturated carbocycles. The van der Waals surface area contributed by atoms with E-state index in [1.807, 2.05) is 0 Å². The largest absolute Gasteiger partial charge is 0.247 e. The first-order valence-corrected chi connectivity index (χ1v) is 5.24. The molecule has 1 aromatic carbocycles. The van der Waals surface area contributed by atoms with Crippen molar-refractivity contribution in [1.82, 2.24) is 0 Å². The maximum absolute atomic E-state index is 13.3. The van der Waals surface area contributed by atoms with Crippen LogP contribution in [0, 0.1) is 5.82 Å². The third-order valence-corrected chi connectivity index (χ3v) is 3.04. The molecule has 2 atom stereocenters. The second-order valence-corrected chi connectivity index (χ2v) is 4.13. The second-order valence-electron chi connectivity index (χ2n) is 4.13. The highest BCUT2D eigenvalue weighted by Gasteiger charge is 2.25. The van der Waals surface area contributed by atoms with Gasteiger partial charge in [-0.3, -0.25) is 0 Å². The molecular weight excluding hydrogens is 194 g/mol. The van der Waals surface area contributed by atoms with Crippen LogP contribution in [0.25, 0.3) is 0 Å². The molecule has 0 amide bonds. The van der Waals surface area contributed by atoms with E-state index in [9.17, 15) is 8.78 Å². The molecule has 15 heavy (non-hydrogen) atoms. The molecule has 0 saturated heterocycles. The molecule has 2 rings (SSSR count). The molecule has 2 heteroatoms. The zero-order valence-corrected chi connectivity index (χ0v) is 8.55. The van der Waals surface area contributed by atoms with Crippen LogP contribution < -0.4 is 0 Å². The fourth-order valence-electron chi connectivity index (χ4n) is 2.12. The molecule has 0 nitrogen and oxygen atoms in total. The van der Waals surface area contributed by atoms with Crippen LogP contribution in [0.3, 0.4) is 0 Å². The summed E-state index contributed by atoms with van der Waals surface area (Å²) in [5, 5.41) is 0. The van der Waals surface area contributed by atoms with Crippen molar-refractivity contribution in [2.45, 2.75) is 31.4 Å². The molecule has 1 aliphatic rings. The first-order valence-electron chi connectivity index (χ1n) is 5.24. The topological polar surface area (TPSA) is 0 Å². The predicted molar refractivity (Wildman–Crippen MR) is 57.0 cm³/mol. The lowest BCUT2D eigenvalue weighted by molar-refractivity contribution is 0.262. The molecule has 1 aliphatic carbocycles. The van der Waals surface area contributed by atoms with Crippen molar-refractivity contribution in [3.8, 4) is 0 Å². The van der Waals surface area contributed by atoms with Gasteiger partial charge in [-0.25, -0.2) is 8.78 Å². The third-order valence-electron chi connectivity index (χ3n) is 3.04. The summed E-state index contributed by atoms with van der Waals surface area (Å²) >= 11 is 0. The Morgan fingerprint density at radius 3 is 2.53 bits per heavy atom. The van der Waals surface area contributed by atoms with E-state index < -0.39 is 6.17 Å². The van der Waals surface area contributed by atoms with Gasteiger partial charge in [-0.2, -0.15) is 0 Å². The molecular formula is C13H14F2. The highest BCUT2D eigenvalue weighted by atomic mass is 19.1. The van der Waals surface area contributed by atoms with Crippen LogP contribution in [0.4, 0.5) is 8.78 Å². The van der Waals surface area contributed by atoms with Gasteiger partial charge in [0, 0.05) is 5.92 Å². The fourth-order valence-corrected chi connectivity index (χ4v) is 2.12. The molecule has 0 radical (unpaired) electrons. The zero-order valence-electron chi connectivity index (χ0n) is 8.55. The summed E-state index contributed by atoms with van der Waals surface area (Å²) in [6.45, 7) is 3.97. The minimum Gasteiger partial charge on any atom is -0.247 e.